The van der Waals surface area contributed by atoms with E-state index in [0.717, 1.165) is 36.9 Å². The lowest BCUT2D eigenvalue weighted by molar-refractivity contribution is -0.856. The molecule has 1 fully saturated rings. The van der Waals surface area contributed by atoms with Gasteiger partial charge in [0.25, 0.3) is 0 Å². The highest BCUT2D eigenvalue weighted by Crippen LogP contribution is 2.31. The van der Waals surface area contributed by atoms with E-state index in [0.29, 0.717) is 5.11 Å². The number of halogens is 1. The van der Waals surface area contributed by atoms with Crippen LogP contribution in [0.4, 0.5) is 11.4 Å². The Bertz CT molecular complexity index is 501. The number of nitrogens with zero attached hydrogens (tertiary/aromatic N) is 1. The fourth-order valence-electron chi connectivity index (χ4n) is 2.61. The molecule has 1 aromatic rings. The normalized spacial score (nSPS) is 15.0. The molecule has 1 aliphatic rings. The second kappa shape index (κ2) is 8.56. The van der Waals surface area contributed by atoms with Gasteiger partial charge in [0.05, 0.1) is 38.6 Å². The Morgan fingerprint density at radius 2 is 2.00 bits per heavy atom. The molecule has 0 bridgehead atoms. The van der Waals surface area contributed by atoms with Crippen molar-refractivity contribution in [3.8, 4) is 0 Å². The lowest BCUT2D eigenvalue weighted by atomic mass is 10.1. The molecule has 0 spiro atoms. The molecule has 4 nitrogen and oxygen atoms in total. The molecule has 0 aromatic heterocycles. The van der Waals surface area contributed by atoms with Gasteiger partial charge >= 0.3 is 0 Å². The Balaban J connectivity index is 2.02. The van der Waals surface area contributed by atoms with E-state index >= 15 is 0 Å². The number of benzene rings is 1. The molecule has 0 atom stereocenters. The van der Waals surface area contributed by atoms with Crippen LogP contribution in [0, 0.1) is 0 Å². The summed E-state index contributed by atoms with van der Waals surface area (Å²) >= 11 is 11.6. The van der Waals surface area contributed by atoms with Crippen LogP contribution in [0.5, 0.6) is 0 Å². The van der Waals surface area contributed by atoms with Crippen molar-refractivity contribution < 1.29 is 4.90 Å². The summed E-state index contributed by atoms with van der Waals surface area (Å²) in [6.45, 7) is 4.07. The predicted octanol–water partition coefficient (Wildman–Crippen LogP) is 1.76. The van der Waals surface area contributed by atoms with E-state index in [9.17, 15) is 0 Å². The first-order valence-corrected chi connectivity index (χ1v) is 8.73. The zero-order valence-electron chi connectivity index (χ0n) is 13.4. The van der Waals surface area contributed by atoms with Gasteiger partial charge in [0.15, 0.2) is 5.11 Å². The molecule has 22 heavy (non-hydrogen) atoms. The summed E-state index contributed by atoms with van der Waals surface area (Å²) < 4.78 is 0. The largest absolute Gasteiger partial charge is 0.370 e. The van der Waals surface area contributed by atoms with Crippen LogP contribution in [0.3, 0.4) is 0 Å². The minimum atomic E-state index is 0.654. The van der Waals surface area contributed by atoms with Crippen molar-refractivity contribution in [3.63, 3.8) is 0 Å². The highest BCUT2D eigenvalue weighted by atomic mass is 35.5. The molecule has 1 aliphatic heterocycles. The number of anilines is 2. The van der Waals surface area contributed by atoms with E-state index in [4.69, 9.17) is 23.8 Å². The number of likely N-dealkylation sites (N-methyl/N-ethyl adjacent to an activating group) is 1. The van der Waals surface area contributed by atoms with E-state index in [1.807, 2.05) is 12.1 Å². The maximum atomic E-state index is 6.16. The minimum Gasteiger partial charge on any atom is -0.370 e. The van der Waals surface area contributed by atoms with Crippen LogP contribution in [0.1, 0.15) is 19.3 Å². The van der Waals surface area contributed by atoms with Crippen molar-refractivity contribution in [1.29, 1.82) is 0 Å². The summed E-state index contributed by atoms with van der Waals surface area (Å²) in [4.78, 5) is 3.81. The van der Waals surface area contributed by atoms with Gasteiger partial charge < -0.3 is 20.4 Å². The lowest BCUT2D eigenvalue weighted by Gasteiger charge is -2.31. The summed E-state index contributed by atoms with van der Waals surface area (Å²) in [7, 11) is 4.26. The number of rotatable bonds is 5. The zero-order valence-corrected chi connectivity index (χ0v) is 15.0. The first kappa shape index (κ1) is 17.3. The van der Waals surface area contributed by atoms with E-state index in [1.54, 1.807) is 0 Å². The molecule has 3 N–H and O–H groups in total. The van der Waals surface area contributed by atoms with E-state index < -0.39 is 0 Å². The van der Waals surface area contributed by atoms with Gasteiger partial charge in [-0.05, 0) is 49.7 Å². The fourth-order valence-corrected chi connectivity index (χ4v) is 3.00. The number of quaternary nitrogens is 1. The average molecular weight is 342 g/mol. The molecule has 0 aliphatic carbocycles. The Kier molecular flexibility index (Phi) is 6.73. The molecule has 0 radical (unpaired) electrons. The molecule has 0 saturated carbocycles. The van der Waals surface area contributed by atoms with Crippen molar-refractivity contribution in [2.45, 2.75) is 19.3 Å². The second-order valence-electron chi connectivity index (χ2n) is 6.05. The minimum absolute atomic E-state index is 0.654. The van der Waals surface area contributed by atoms with Crippen molar-refractivity contribution in [2.24, 2.45) is 0 Å². The number of piperidine rings is 1. The van der Waals surface area contributed by atoms with Crippen molar-refractivity contribution in [1.82, 2.24) is 5.32 Å². The summed E-state index contributed by atoms with van der Waals surface area (Å²) in [6, 6.07) is 5.99. The quantitative estimate of drug-likeness (QED) is 0.713. The van der Waals surface area contributed by atoms with Crippen molar-refractivity contribution in [3.05, 3.63) is 23.2 Å². The van der Waals surface area contributed by atoms with Gasteiger partial charge in [0.2, 0.25) is 0 Å². The highest BCUT2D eigenvalue weighted by Gasteiger charge is 2.15. The number of thiocarbonyl (C=S) groups is 1. The van der Waals surface area contributed by atoms with Gasteiger partial charge in [0, 0.05) is 18.1 Å². The third-order valence-electron chi connectivity index (χ3n) is 3.81. The van der Waals surface area contributed by atoms with Crippen LogP contribution in [-0.4, -0.2) is 45.4 Å². The highest BCUT2D eigenvalue weighted by molar-refractivity contribution is 7.80. The smallest absolute Gasteiger partial charge is 0.171 e. The maximum absolute atomic E-state index is 6.16. The third-order valence-corrected chi connectivity index (χ3v) is 4.30. The van der Waals surface area contributed by atoms with Gasteiger partial charge in [-0.2, -0.15) is 0 Å². The van der Waals surface area contributed by atoms with Gasteiger partial charge in [-0.15, -0.1) is 0 Å². The topological polar surface area (TPSA) is 31.7 Å². The molecule has 1 saturated heterocycles. The van der Waals surface area contributed by atoms with Crippen molar-refractivity contribution >= 4 is 40.3 Å². The van der Waals surface area contributed by atoms with Crippen LogP contribution in [0.25, 0.3) is 0 Å². The Morgan fingerprint density at radius 1 is 1.27 bits per heavy atom. The summed E-state index contributed by atoms with van der Waals surface area (Å²) in [5.41, 5.74) is 2.18. The number of hydrogen-bond donors (Lipinski definition) is 3. The van der Waals surface area contributed by atoms with E-state index in [1.165, 1.54) is 29.8 Å². The molecular weight excluding hydrogens is 316 g/mol. The Morgan fingerprint density at radius 3 is 2.68 bits per heavy atom. The third kappa shape index (κ3) is 5.30. The summed E-state index contributed by atoms with van der Waals surface area (Å²) in [5.74, 6) is 0. The second-order valence-corrected chi connectivity index (χ2v) is 6.89. The molecule has 122 valence electrons. The van der Waals surface area contributed by atoms with Crippen LogP contribution >= 0.6 is 23.8 Å². The number of nitrogens with one attached hydrogen (secondary N) is 3. The first-order chi connectivity index (χ1) is 10.6. The fraction of sp³-hybridized carbons (Fsp3) is 0.562. The van der Waals surface area contributed by atoms with Gasteiger partial charge in [-0.3, -0.25) is 0 Å². The maximum Gasteiger partial charge on any atom is 0.171 e. The number of hydrogen-bond acceptors (Lipinski definition) is 2. The summed E-state index contributed by atoms with van der Waals surface area (Å²) in [6.07, 6.45) is 3.81. The molecule has 6 heteroatoms. The first-order valence-electron chi connectivity index (χ1n) is 7.94. The summed E-state index contributed by atoms with van der Waals surface area (Å²) in [5, 5.41) is 7.94. The molecule has 0 unspecified atom stereocenters. The SMILES string of the molecule is C[NH+](C)CCNC(=S)Nc1cc(Cl)ccc1N1CCCCC1. The van der Waals surface area contributed by atoms with Crippen LogP contribution < -0.4 is 20.4 Å². The van der Waals surface area contributed by atoms with Crippen molar-refractivity contribution in [2.75, 3.05) is 50.5 Å². The predicted molar refractivity (Wildman–Crippen MR) is 99.4 cm³/mol. The molecule has 0 amide bonds. The average Bonchev–Trinajstić information content (AvgIpc) is 2.48. The molecule has 1 heterocycles. The Hall–Kier alpha value is -1.04. The Labute approximate surface area is 143 Å². The lowest BCUT2D eigenvalue weighted by Crippen LogP contribution is -3.06. The van der Waals surface area contributed by atoms with Crippen LogP contribution in [0.2, 0.25) is 5.02 Å². The van der Waals surface area contributed by atoms with Gasteiger partial charge in [-0.25, -0.2) is 0 Å². The van der Waals surface area contributed by atoms with Crippen LogP contribution in [-0.2, 0) is 0 Å². The molecule has 1 aromatic carbocycles. The van der Waals surface area contributed by atoms with Crippen LogP contribution in [0.15, 0.2) is 18.2 Å². The molecular formula is C16H26ClN4S+. The van der Waals surface area contributed by atoms with E-state index in [-0.39, 0.29) is 0 Å². The van der Waals surface area contributed by atoms with E-state index in [2.05, 4.69) is 35.7 Å². The molecule has 2 rings (SSSR count). The zero-order chi connectivity index (χ0) is 15.9. The monoisotopic (exact) mass is 341 g/mol. The standard InChI is InChI=1S/C16H25ClN4S/c1-20(2)11-8-18-16(22)19-14-12-13(17)6-7-15(14)21-9-4-3-5-10-21/h6-7,12H,3-5,8-11H2,1-2H3,(H2,18,19,22)/p+1. The van der Waals surface area contributed by atoms with Gasteiger partial charge in [-0.1, -0.05) is 11.6 Å². The van der Waals surface area contributed by atoms with Gasteiger partial charge in [0.1, 0.15) is 0 Å².